The molecule has 82 valence electrons. The first-order valence-corrected chi connectivity index (χ1v) is 4.63. The Morgan fingerprint density at radius 3 is 2.94 bits per heavy atom. The van der Waals surface area contributed by atoms with Crippen LogP contribution in [0.5, 0.6) is 0 Å². The average molecular weight is 217 g/mol. The molecule has 0 fully saturated rings. The fourth-order valence-corrected chi connectivity index (χ4v) is 0.988. The van der Waals surface area contributed by atoms with Crippen LogP contribution in [0.3, 0.4) is 0 Å². The monoisotopic (exact) mass is 217 g/mol. The number of amides is 2. The van der Waals surface area contributed by atoms with Gasteiger partial charge in [-0.15, -0.1) is 0 Å². The number of hydrogen-bond donors (Lipinski definition) is 1. The zero-order valence-corrected chi connectivity index (χ0v) is 8.75. The van der Waals surface area contributed by atoms with E-state index in [9.17, 15) is 9.59 Å². The number of hydrogen-bond acceptors (Lipinski definition) is 4. The van der Waals surface area contributed by atoms with Crippen LogP contribution in [0.15, 0.2) is 41.3 Å². The number of carbonyl (C=O) groups is 2. The van der Waals surface area contributed by atoms with Crippen molar-refractivity contribution in [3.8, 4) is 0 Å². The molecule has 0 unspecified atom stereocenters. The van der Waals surface area contributed by atoms with Crippen LogP contribution >= 0.6 is 0 Å². The largest absolute Gasteiger partial charge is 0.294 e. The van der Waals surface area contributed by atoms with Crippen LogP contribution in [-0.4, -0.2) is 23.5 Å². The summed E-state index contributed by atoms with van der Waals surface area (Å²) in [6.07, 6.45) is 6.62. The summed E-state index contributed by atoms with van der Waals surface area (Å²) in [5.41, 5.74) is 0.955. The second-order valence-electron chi connectivity index (χ2n) is 2.81. The second kappa shape index (κ2) is 6.23. The topological polar surface area (TPSA) is 71.4 Å². The van der Waals surface area contributed by atoms with Gasteiger partial charge in [-0.3, -0.25) is 24.9 Å². The number of rotatable bonds is 4. The molecule has 1 aromatic heterocycles. The Kier molecular flexibility index (Phi) is 4.59. The van der Waals surface area contributed by atoms with Crippen molar-refractivity contribution in [3.63, 3.8) is 0 Å². The molecule has 0 bridgehead atoms. The molecule has 16 heavy (non-hydrogen) atoms. The van der Waals surface area contributed by atoms with Crippen LogP contribution in [0.25, 0.3) is 0 Å². The molecule has 2 amide bonds. The van der Waals surface area contributed by atoms with E-state index in [-0.39, 0.29) is 5.70 Å². The lowest BCUT2D eigenvalue weighted by molar-refractivity contribution is -0.122. The number of imide groups is 1. The first kappa shape index (κ1) is 11.8. The Morgan fingerprint density at radius 1 is 1.56 bits per heavy atom. The molecule has 5 nitrogen and oxygen atoms in total. The van der Waals surface area contributed by atoms with Crippen LogP contribution in [0.2, 0.25) is 0 Å². The van der Waals surface area contributed by atoms with E-state index in [0.29, 0.717) is 6.41 Å². The summed E-state index contributed by atoms with van der Waals surface area (Å²) in [5, 5.41) is 2.02. The third kappa shape index (κ3) is 3.45. The average Bonchev–Trinajstić information content (AvgIpc) is 2.31. The van der Waals surface area contributed by atoms with Crippen molar-refractivity contribution in [1.29, 1.82) is 0 Å². The molecule has 1 aromatic rings. The zero-order valence-electron chi connectivity index (χ0n) is 8.75. The zero-order chi connectivity index (χ0) is 11.8. The van der Waals surface area contributed by atoms with Crippen LogP contribution in [-0.2, 0) is 9.59 Å². The van der Waals surface area contributed by atoms with E-state index in [1.54, 1.807) is 31.5 Å². The van der Waals surface area contributed by atoms with Gasteiger partial charge in [0.2, 0.25) is 6.41 Å². The maximum absolute atomic E-state index is 11.3. The fourth-order valence-electron chi connectivity index (χ4n) is 0.988. The van der Waals surface area contributed by atoms with E-state index in [0.717, 1.165) is 5.56 Å². The van der Waals surface area contributed by atoms with Crippen molar-refractivity contribution in [2.45, 2.75) is 6.92 Å². The van der Waals surface area contributed by atoms with Crippen molar-refractivity contribution < 1.29 is 9.59 Å². The van der Waals surface area contributed by atoms with Crippen molar-refractivity contribution in [1.82, 2.24) is 10.3 Å². The second-order valence-corrected chi connectivity index (χ2v) is 2.81. The number of nitrogens with zero attached hydrogens (tertiary/aromatic N) is 2. The quantitative estimate of drug-likeness (QED) is 0.458. The van der Waals surface area contributed by atoms with Gasteiger partial charge in [-0.1, -0.05) is 12.1 Å². The maximum Gasteiger partial charge on any atom is 0.275 e. The van der Waals surface area contributed by atoms with Gasteiger partial charge in [0, 0.05) is 24.2 Å². The third-order valence-corrected chi connectivity index (χ3v) is 1.73. The van der Waals surface area contributed by atoms with Gasteiger partial charge in [0.1, 0.15) is 5.70 Å². The Hall–Kier alpha value is -2.30. The molecule has 0 radical (unpaired) electrons. The number of allylic oxidation sites excluding steroid dienone is 1. The minimum Gasteiger partial charge on any atom is -0.294 e. The highest BCUT2D eigenvalue weighted by Gasteiger charge is 2.04. The number of pyridine rings is 1. The molecular weight excluding hydrogens is 206 g/mol. The lowest BCUT2D eigenvalue weighted by Crippen LogP contribution is -2.22. The summed E-state index contributed by atoms with van der Waals surface area (Å²) in [4.78, 5) is 29.2. The van der Waals surface area contributed by atoms with Crippen molar-refractivity contribution >= 4 is 18.5 Å². The lowest BCUT2D eigenvalue weighted by Gasteiger charge is -1.97. The highest BCUT2D eigenvalue weighted by molar-refractivity contribution is 6.00. The molecule has 0 aliphatic rings. The molecule has 1 heterocycles. The van der Waals surface area contributed by atoms with Gasteiger partial charge >= 0.3 is 0 Å². The normalized spacial score (nSPS) is 11.4. The van der Waals surface area contributed by atoms with E-state index < -0.39 is 5.91 Å². The van der Waals surface area contributed by atoms with Gasteiger partial charge in [-0.05, 0) is 13.0 Å². The van der Waals surface area contributed by atoms with Crippen LogP contribution in [0, 0.1) is 0 Å². The minimum absolute atomic E-state index is 0.177. The lowest BCUT2D eigenvalue weighted by atomic mass is 10.3. The summed E-state index contributed by atoms with van der Waals surface area (Å²) >= 11 is 0. The first-order valence-electron chi connectivity index (χ1n) is 4.63. The molecule has 0 saturated heterocycles. The summed E-state index contributed by atoms with van der Waals surface area (Å²) in [7, 11) is 0. The van der Waals surface area contributed by atoms with Crippen molar-refractivity contribution in [2.24, 2.45) is 4.99 Å². The van der Waals surface area contributed by atoms with E-state index >= 15 is 0 Å². The fraction of sp³-hybridized carbons (Fsp3) is 0.0909. The molecule has 0 aromatic carbocycles. The van der Waals surface area contributed by atoms with Crippen molar-refractivity contribution in [3.05, 3.63) is 41.9 Å². The van der Waals surface area contributed by atoms with Gasteiger partial charge in [0.25, 0.3) is 5.91 Å². The summed E-state index contributed by atoms with van der Waals surface area (Å²) in [5.74, 6) is -0.530. The molecule has 0 aliphatic heterocycles. The summed E-state index contributed by atoms with van der Waals surface area (Å²) in [6.45, 7) is 1.67. The smallest absolute Gasteiger partial charge is 0.275 e. The van der Waals surface area contributed by atoms with Crippen LogP contribution in [0.1, 0.15) is 12.5 Å². The van der Waals surface area contributed by atoms with Gasteiger partial charge < -0.3 is 0 Å². The molecule has 1 N–H and O–H groups in total. The predicted molar refractivity (Wildman–Crippen MR) is 59.8 cm³/mol. The molecule has 0 aliphatic carbocycles. The SMILES string of the molecule is C/C=C(/N=C/c1cccnc1)C(=O)NC=O. The molecule has 0 saturated carbocycles. The van der Waals surface area contributed by atoms with Crippen LogP contribution in [0.4, 0.5) is 0 Å². The van der Waals surface area contributed by atoms with Gasteiger partial charge in [0.15, 0.2) is 0 Å². The Balaban J connectivity index is 2.75. The highest BCUT2D eigenvalue weighted by Crippen LogP contribution is 1.98. The standard InChI is InChI=1S/C11H11N3O2/c1-2-10(11(16)14-8-15)13-7-9-4-3-5-12-6-9/h2-8H,1H3,(H,14,15,16)/b10-2+,13-7+. The molecule has 0 spiro atoms. The first-order chi connectivity index (χ1) is 7.77. The van der Waals surface area contributed by atoms with Gasteiger partial charge in [0.05, 0.1) is 0 Å². The minimum atomic E-state index is -0.530. The number of carbonyl (C=O) groups excluding carboxylic acids is 2. The Labute approximate surface area is 92.9 Å². The number of nitrogens with one attached hydrogen (secondary N) is 1. The van der Waals surface area contributed by atoms with E-state index in [4.69, 9.17) is 0 Å². The van der Waals surface area contributed by atoms with E-state index in [2.05, 4.69) is 9.98 Å². The van der Waals surface area contributed by atoms with E-state index in [1.165, 1.54) is 12.3 Å². The number of aliphatic imine (C=N–C) groups is 1. The van der Waals surface area contributed by atoms with Gasteiger partial charge in [-0.25, -0.2) is 0 Å². The molecule has 0 atom stereocenters. The summed E-state index contributed by atoms with van der Waals surface area (Å²) in [6, 6.07) is 3.57. The molecule has 1 rings (SSSR count). The highest BCUT2D eigenvalue weighted by atomic mass is 16.2. The van der Waals surface area contributed by atoms with Gasteiger partial charge in [-0.2, -0.15) is 0 Å². The number of aromatic nitrogens is 1. The Morgan fingerprint density at radius 2 is 2.38 bits per heavy atom. The third-order valence-electron chi connectivity index (χ3n) is 1.73. The maximum atomic E-state index is 11.3. The Bertz CT molecular complexity index is 424. The van der Waals surface area contributed by atoms with Crippen molar-refractivity contribution in [2.75, 3.05) is 0 Å². The predicted octanol–water partition coefficient (Wildman–Crippen LogP) is 0.677. The molecule has 5 heteroatoms. The van der Waals surface area contributed by atoms with Crippen LogP contribution < -0.4 is 5.32 Å². The molecular formula is C11H11N3O2. The summed E-state index contributed by atoms with van der Waals surface area (Å²) < 4.78 is 0. The van der Waals surface area contributed by atoms with E-state index in [1.807, 2.05) is 5.32 Å².